The van der Waals surface area contributed by atoms with Crippen LogP contribution in [0.1, 0.15) is 48.2 Å². The first-order valence-corrected chi connectivity index (χ1v) is 8.84. The smallest absolute Gasteiger partial charge is 0.336 e. The van der Waals surface area contributed by atoms with Gasteiger partial charge < -0.3 is 10.4 Å². The van der Waals surface area contributed by atoms with Gasteiger partial charge in [-0.15, -0.1) is 0 Å². The number of anilines is 1. The molecule has 2 N–H and O–H groups in total. The molecule has 0 spiro atoms. The highest BCUT2D eigenvalue weighted by Gasteiger charge is 2.29. The fourth-order valence-electron chi connectivity index (χ4n) is 3.26. The Bertz CT molecular complexity index is 822. The van der Waals surface area contributed by atoms with Gasteiger partial charge in [0.25, 0.3) is 0 Å². The number of amides is 1. The number of benzene rings is 2. The molecular formula is C21H23NO3. The fourth-order valence-corrected chi connectivity index (χ4v) is 3.26. The minimum Gasteiger partial charge on any atom is -0.478 e. The van der Waals surface area contributed by atoms with Gasteiger partial charge in [-0.2, -0.15) is 0 Å². The molecule has 0 radical (unpaired) electrons. The molecular weight excluding hydrogens is 314 g/mol. The quantitative estimate of drug-likeness (QED) is 0.814. The molecule has 1 fully saturated rings. The van der Waals surface area contributed by atoms with Crippen molar-refractivity contribution in [3.63, 3.8) is 0 Å². The van der Waals surface area contributed by atoms with Crippen LogP contribution < -0.4 is 5.32 Å². The lowest BCUT2D eigenvalue weighted by Crippen LogP contribution is -2.13. The molecule has 0 bridgehead atoms. The summed E-state index contributed by atoms with van der Waals surface area (Å²) in [6.07, 6.45) is 3.60. The van der Waals surface area contributed by atoms with Crippen LogP contribution >= 0.6 is 0 Å². The van der Waals surface area contributed by atoms with Crippen molar-refractivity contribution in [2.45, 2.75) is 39.5 Å². The van der Waals surface area contributed by atoms with Gasteiger partial charge >= 0.3 is 5.97 Å². The van der Waals surface area contributed by atoms with Gasteiger partial charge in [0.2, 0.25) is 5.91 Å². The van der Waals surface area contributed by atoms with E-state index in [9.17, 15) is 14.7 Å². The molecule has 0 heterocycles. The molecule has 0 unspecified atom stereocenters. The molecule has 0 atom stereocenters. The summed E-state index contributed by atoms with van der Waals surface area (Å²) in [7, 11) is 0. The van der Waals surface area contributed by atoms with E-state index in [-0.39, 0.29) is 17.4 Å². The third-order valence-corrected chi connectivity index (χ3v) is 4.76. The fraction of sp³-hybridized carbons (Fsp3) is 0.333. The topological polar surface area (TPSA) is 66.4 Å². The number of carbonyl (C=O) groups is 2. The summed E-state index contributed by atoms with van der Waals surface area (Å²) in [4.78, 5) is 23.8. The van der Waals surface area contributed by atoms with E-state index in [0.29, 0.717) is 11.3 Å². The van der Waals surface area contributed by atoms with E-state index >= 15 is 0 Å². The Morgan fingerprint density at radius 2 is 1.84 bits per heavy atom. The molecule has 4 nitrogen and oxygen atoms in total. The number of carboxylic acid groups (broad SMARTS) is 1. The standard InChI is InChI=1S/C21H23NO3/c1-3-13-6-5-7-17(16(13)4-2)19-12-15(10-11-18(19)21(24)25)22-20(23)14-8-9-14/h5-7,10-12,14H,3-4,8-9H2,1-2H3,(H,22,23)(H,24,25). The van der Waals surface area contributed by atoms with E-state index in [1.54, 1.807) is 18.2 Å². The zero-order valence-electron chi connectivity index (χ0n) is 14.6. The number of carboxylic acids is 1. The Balaban J connectivity index is 2.09. The van der Waals surface area contributed by atoms with Crippen molar-refractivity contribution in [3.8, 4) is 11.1 Å². The van der Waals surface area contributed by atoms with Gasteiger partial charge in [-0.1, -0.05) is 32.0 Å². The zero-order valence-corrected chi connectivity index (χ0v) is 14.6. The molecule has 130 valence electrons. The molecule has 4 heteroatoms. The Labute approximate surface area is 147 Å². The molecule has 1 saturated carbocycles. The lowest BCUT2D eigenvalue weighted by molar-refractivity contribution is -0.117. The van der Waals surface area contributed by atoms with Gasteiger partial charge in [0, 0.05) is 11.6 Å². The number of aryl methyl sites for hydroxylation is 1. The predicted molar refractivity (Wildman–Crippen MR) is 98.9 cm³/mol. The van der Waals surface area contributed by atoms with Crippen LogP contribution in [0.2, 0.25) is 0 Å². The Morgan fingerprint density at radius 1 is 1.08 bits per heavy atom. The summed E-state index contributed by atoms with van der Waals surface area (Å²) in [6, 6.07) is 11.1. The molecule has 2 aromatic carbocycles. The van der Waals surface area contributed by atoms with Crippen molar-refractivity contribution in [1.29, 1.82) is 0 Å². The monoisotopic (exact) mass is 337 g/mol. The first-order chi connectivity index (χ1) is 12.0. The van der Waals surface area contributed by atoms with Crippen LogP contribution in [0, 0.1) is 5.92 Å². The van der Waals surface area contributed by atoms with Crippen molar-refractivity contribution < 1.29 is 14.7 Å². The van der Waals surface area contributed by atoms with Crippen LogP contribution in [0.3, 0.4) is 0 Å². The number of rotatable bonds is 6. The first-order valence-electron chi connectivity index (χ1n) is 8.84. The highest BCUT2D eigenvalue weighted by Crippen LogP contribution is 2.34. The van der Waals surface area contributed by atoms with E-state index < -0.39 is 5.97 Å². The molecule has 0 aliphatic heterocycles. The number of nitrogens with one attached hydrogen (secondary N) is 1. The van der Waals surface area contributed by atoms with Crippen molar-refractivity contribution in [1.82, 2.24) is 0 Å². The van der Waals surface area contributed by atoms with Gasteiger partial charge in [-0.25, -0.2) is 4.79 Å². The third-order valence-electron chi connectivity index (χ3n) is 4.76. The Kier molecular flexibility index (Phi) is 4.88. The molecule has 25 heavy (non-hydrogen) atoms. The second-order valence-corrected chi connectivity index (χ2v) is 6.48. The van der Waals surface area contributed by atoms with Crippen molar-refractivity contribution in [2.24, 2.45) is 5.92 Å². The summed E-state index contributed by atoms with van der Waals surface area (Å²) >= 11 is 0. The van der Waals surface area contributed by atoms with Crippen LogP contribution in [-0.4, -0.2) is 17.0 Å². The number of hydrogen-bond donors (Lipinski definition) is 2. The average molecular weight is 337 g/mol. The maximum absolute atomic E-state index is 12.0. The summed E-state index contributed by atoms with van der Waals surface area (Å²) in [5, 5.41) is 12.5. The van der Waals surface area contributed by atoms with Crippen molar-refractivity contribution >= 4 is 17.6 Å². The van der Waals surface area contributed by atoms with Gasteiger partial charge in [0.05, 0.1) is 5.56 Å². The first kappa shape index (κ1) is 17.2. The molecule has 1 amide bonds. The van der Waals surface area contributed by atoms with Gasteiger partial charge in [-0.3, -0.25) is 4.79 Å². The van der Waals surface area contributed by atoms with Gasteiger partial charge in [0.1, 0.15) is 0 Å². The van der Waals surface area contributed by atoms with Crippen LogP contribution in [0.4, 0.5) is 5.69 Å². The second kappa shape index (κ2) is 7.09. The predicted octanol–water partition coefficient (Wildman–Crippen LogP) is 4.53. The lowest BCUT2D eigenvalue weighted by atomic mass is 9.90. The molecule has 0 aromatic heterocycles. The van der Waals surface area contributed by atoms with E-state index in [2.05, 4.69) is 25.2 Å². The molecule has 3 rings (SSSR count). The number of hydrogen-bond acceptors (Lipinski definition) is 2. The minimum absolute atomic E-state index is 0.0204. The minimum atomic E-state index is -0.959. The van der Waals surface area contributed by atoms with Gasteiger partial charge in [-0.05, 0) is 66.1 Å². The molecule has 2 aromatic rings. The molecule has 0 saturated heterocycles. The van der Waals surface area contributed by atoms with E-state index in [1.807, 2.05) is 12.1 Å². The maximum Gasteiger partial charge on any atom is 0.336 e. The van der Waals surface area contributed by atoms with Crippen molar-refractivity contribution in [2.75, 3.05) is 5.32 Å². The highest BCUT2D eigenvalue weighted by atomic mass is 16.4. The Morgan fingerprint density at radius 3 is 2.44 bits per heavy atom. The summed E-state index contributed by atoms with van der Waals surface area (Å²) in [5.41, 5.74) is 4.89. The normalized spacial score (nSPS) is 13.5. The number of carbonyl (C=O) groups excluding carboxylic acids is 1. The Hall–Kier alpha value is -2.62. The zero-order chi connectivity index (χ0) is 18.0. The summed E-state index contributed by atoms with van der Waals surface area (Å²) in [6.45, 7) is 4.18. The molecule has 1 aliphatic rings. The second-order valence-electron chi connectivity index (χ2n) is 6.48. The SMILES string of the molecule is CCc1cccc(-c2cc(NC(=O)C3CC3)ccc2C(=O)O)c1CC. The molecule has 1 aliphatic carbocycles. The van der Waals surface area contributed by atoms with E-state index in [4.69, 9.17) is 0 Å². The summed E-state index contributed by atoms with van der Waals surface area (Å²) in [5.74, 6) is -0.830. The van der Waals surface area contributed by atoms with Crippen molar-refractivity contribution in [3.05, 3.63) is 53.1 Å². The highest BCUT2D eigenvalue weighted by molar-refractivity contribution is 6.00. The van der Waals surface area contributed by atoms with Gasteiger partial charge in [0.15, 0.2) is 0 Å². The van der Waals surface area contributed by atoms with E-state index in [1.165, 1.54) is 5.56 Å². The maximum atomic E-state index is 12.0. The number of aromatic carboxylic acids is 1. The van der Waals surface area contributed by atoms with Crippen LogP contribution in [-0.2, 0) is 17.6 Å². The largest absolute Gasteiger partial charge is 0.478 e. The summed E-state index contributed by atoms with van der Waals surface area (Å²) < 4.78 is 0. The van der Waals surface area contributed by atoms with Crippen LogP contribution in [0.25, 0.3) is 11.1 Å². The lowest BCUT2D eigenvalue weighted by Gasteiger charge is -2.16. The van der Waals surface area contributed by atoms with E-state index in [0.717, 1.165) is 36.8 Å². The van der Waals surface area contributed by atoms with Crippen LogP contribution in [0.5, 0.6) is 0 Å². The average Bonchev–Trinajstić information content (AvgIpc) is 3.45. The van der Waals surface area contributed by atoms with Crippen LogP contribution in [0.15, 0.2) is 36.4 Å². The third kappa shape index (κ3) is 3.58.